The van der Waals surface area contributed by atoms with Gasteiger partial charge in [0, 0.05) is 18.7 Å². The van der Waals surface area contributed by atoms with Crippen LogP contribution >= 0.6 is 11.8 Å². The van der Waals surface area contributed by atoms with E-state index in [1.165, 1.54) is 11.8 Å². The molecular weight excluding hydrogens is 302 g/mol. The molecule has 1 aromatic rings. The molecule has 1 heterocycles. The number of aromatic nitrogens is 3. The number of hydrogen-bond acceptors (Lipinski definition) is 7. The van der Waals surface area contributed by atoms with Gasteiger partial charge >= 0.3 is 0 Å². The van der Waals surface area contributed by atoms with Gasteiger partial charge in [-0.1, -0.05) is 11.8 Å². The van der Waals surface area contributed by atoms with Gasteiger partial charge in [-0.05, 0) is 6.92 Å². The number of primary amides is 1. The summed E-state index contributed by atoms with van der Waals surface area (Å²) in [7, 11) is -3.27. The van der Waals surface area contributed by atoms with Crippen LogP contribution in [0.4, 0.5) is 0 Å². The van der Waals surface area contributed by atoms with Crippen LogP contribution < -0.4 is 11.5 Å². The average molecular weight is 321 g/mol. The highest BCUT2D eigenvalue weighted by Gasteiger charge is 2.15. The Kier molecular flexibility index (Phi) is 6.43. The minimum Gasteiger partial charge on any atom is -0.370 e. The fraction of sp³-hybridized carbons (Fsp3) is 0.700. The van der Waals surface area contributed by atoms with Crippen LogP contribution in [0.15, 0.2) is 5.16 Å². The van der Waals surface area contributed by atoms with E-state index in [1.54, 1.807) is 0 Å². The Labute approximate surface area is 122 Å². The fourth-order valence-corrected chi connectivity index (χ4v) is 4.25. The number of amides is 1. The molecule has 0 radical (unpaired) electrons. The molecule has 0 aliphatic carbocycles. The van der Waals surface area contributed by atoms with Crippen LogP contribution in [0.5, 0.6) is 0 Å². The second kappa shape index (κ2) is 7.60. The highest BCUT2D eigenvalue weighted by atomic mass is 32.2. The molecule has 0 fully saturated rings. The zero-order valence-corrected chi connectivity index (χ0v) is 12.9. The molecule has 0 aliphatic rings. The van der Waals surface area contributed by atoms with E-state index in [0.717, 1.165) is 0 Å². The van der Waals surface area contributed by atoms with E-state index in [1.807, 2.05) is 11.5 Å². The largest absolute Gasteiger partial charge is 0.370 e. The summed E-state index contributed by atoms with van der Waals surface area (Å²) in [5, 5.41) is 8.57. The minimum atomic E-state index is -3.27. The predicted molar refractivity (Wildman–Crippen MR) is 76.8 cm³/mol. The third-order valence-electron chi connectivity index (χ3n) is 2.58. The molecule has 1 aromatic heterocycles. The van der Waals surface area contributed by atoms with Crippen LogP contribution in [0.1, 0.15) is 19.2 Å². The summed E-state index contributed by atoms with van der Waals surface area (Å²) in [6.07, 6.45) is -0.143. The van der Waals surface area contributed by atoms with Gasteiger partial charge in [0.1, 0.15) is 5.82 Å². The summed E-state index contributed by atoms with van der Waals surface area (Å²) in [5.74, 6) is 0.173. The maximum Gasteiger partial charge on any atom is 0.218 e. The maximum atomic E-state index is 11.7. The third-order valence-corrected chi connectivity index (χ3v) is 5.46. The predicted octanol–water partition coefficient (Wildman–Crippen LogP) is -0.861. The van der Waals surface area contributed by atoms with E-state index in [9.17, 15) is 13.2 Å². The smallest absolute Gasteiger partial charge is 0.218 e. The van der Waals surface area contributed by atoms with Gasteiger partial charge in [-0.3, -0.25) is 4.79 Å². The quantitative estimate of drug-likeness (QED) is 0.565. The molecule has 1 amide bonds. The Hall–Kier alpha value is -1.13. The molecule has 20 heavy (non-hydrogen) atoms. The van der Waals surface area contributed by atoms with Crippen LogP contribution in [0.3, 0.4) is 0 Å². The van der Waals surface area contributed by atoms with E-state index in [2.05, 4.69) is 10.2 Å². The van der Waals surface area contributed by atoms with E-state index in [-0.39, 0.29) is 24.5 Å². The molecule has 0 aliphatic heterocycles. The molecular formula is C10H19N5O3S2. The highest BCUT2D eigenvalue weighted by molar-refractivity contribution is 8.00. The number of hydrogen-bond donors (Lipinski definition) is 2. The zero-order valence-electron chi connectivity index (χ0n) is 11.3. The molecule has 0 aromatic carbocycles. The summed E-state index contributed by atoms with van der Waals surface area (Å²) in [5.41, 5.74) is 10.5. The number of carbonyl (C=O) groups excluding carboxylic acids is 1. The molecule has 0 bridgehead atoms. The number of thioether (sulfide) groups is 1. The van der Waals surface area contributed by atoms with Crippen molar-refractivity contribution in [3.63, 3.8) is 0 Å². The minimum absolute atomic E-state index is 0.0283. The Morgan fingerprint density at radius 1 is 1.35 bits per heavy atom. The molecule has 1 rings (SSSR count). The molecule has 114 valence electrons. The van der Waals surface area contributed by atoms with Crippen molar-refractivity contribution in [3.8, 4) is 0 Å². The standard InChI is InChI=1S/C10H19N5O3S2/c1-2-15-9(7-11)13-14-10(15)19-4-6-20(17,18)5-3-8(12)16/h2-7,11H2,1H3,(H2,12,16). The number of sulfone groups is 1. The van der Waals surface area contributed by atoms with Crippen molar-refractivity contribution in [2.75, 3.05) is 17.3 Å². The molecule has 0 saturated heterocycles. The molecule has 10 heteroatoms. The maximum absolute atomic E-state index is 11.7. The van der Waals surface area contributed by atoms with Crippen molar-refractivity contribution < 1.29 is 13.2 Å². The van der Waals surface area contributed by atoms with Gasteiger partial charge < -0.3 is 16.0 Å². The second-order valence-electron chi connectivity index (χ2n) is 4.06. The normalized spacial score (nSPS) is 11.7. The van der Waals surface area contributed by atoms with Crippen molar-refractivity contribution in [1.82, 2.24) is 14.8 Å². The van der Waals surface area contributed by atoms with Crippen molar-refractivity contribution in [1.29, 1.82) is 0 Å². The number of rotatable bonds is 9. The van der Waals surface area contributed by atoms with Crippen LogP contribution in [0, 0.1) is 0 Å². The first-order valence-corrected chi connectivity index (χ1v) is 8.94. The van der Waals surface area contributed by atoms with E-state index in [0.29, 0.717) is 23.3 Å². The Balaban J connectivity index is 2.52. The summed E-state index contributed by atoms with van der Waals surface area (Å²) in [6.45, 7) is 2.91. The summed E-state index contributed by atoms with van der Waals surface area (Å²) in [6, 6.07) is 0. The zero-order chi connectivity index (χ0) is 15.2. The van der Waals surface area contributed by atoms with Crippen LogP contribution in [0.2, 0.25) is 0 Å². The van der Waals surface area contributed by atoms with Gasteiger partial charge in [-0.2, -0.15) is 0 Å². The van der Waals surface area contributed by atoms with Gasteiger partial charge in [0.15, 0.2) is 15.0 Å². The Morgan fingerprint density at radius 2 is 2.05 bits per heavy atom. The molecule has 0 saturated carbocycles. The van der Waals surface area contributed by atoms with Gasteiger partial charge in [0.2, 0.25) is 5.91 Å². The second-order valence-corrected chi connectivity index (χ2v) is 7.43. The third kappa shape index (κ3) is 5.10. The van der Waals surface area contributed by atoms with Gasteiger partial charge in [-0.15, -0.1) is 10.2 Å². The Bertz CT molecular complexity index is 555. The first-order chi connectivity index (χ1) is 9.39. The lowest BCUT2D eigenvalue weighted by Crippen LogP contribution is -2.20. The number of nitrogens with zero attached hydrogens (tertiary/aromatic N) is 3. The van der Waals surface area contributed by atoms with Crippen molar-refractivity contribution >= 4 is 27.5 Å². The SMILES string of the molecule is CCn1c(CN)nnc1SCCS(=O)(=O)CCC(N)=O. The lowest BCUT2D eigenvalue weighted by Gasteiger charge is -2.06. The van der Waals surface area contributed by atoms with Crippen molar-refractivity contribution in [2.45, 2.75) is 31.6 Å². The molecule has 0 atom stereocenters. The van der Waals surface area contributed by atoms with Crippen molar-refractivity contribution in [3.05, 3.63) is 5.82 Å². The first-order valence-electron chi connectivity index (χ1n) is 6.13. The topological polar surface area (TPSA) is 134 Å². The van der Waals surface area contributed by atoms with E-state index >= 15 is 0 Å². The summed E-state index contributed by atoms with van der Waals surface area (Å²) in [4.78, 5) is 10.6. The summed E-state index contributed by atoms with van der Waals surface area (Å²) < 4.78 is 25.2. The molecule has 0 spiro atoms. The monoisotopic (exact) mass is 321 g/mol. The fourth-order valence-electron chi connectivity index (χ4n) is 1.51. The number of carbonyl (C=O) groups is 1. The van der Waals surface area contributed by atoms with Gasteiger partial charge in [-0.25, -0.2) is 8.42 Å². The molecule has 0 unspecified atom stereocenters. The summed E-state index contributed by atoms with van der Waals surface area (Å²) >= 11 is 1.31. The molecule has 8 nitrogen and oxygen atoms in total. The van der Waals surface area contributed by atoms with Gasteiger partial charge in [0.25, 0.3) is 0 Å². The van der Waals surface area contributed by atoms with Crippen LogP contribution in [-0.2, 0) is 27.7 Å². The Morgan fingerprint density at radius 3 is 2.60 bits per heavy atom. The lowest BCUT2D eigenvalue weighted by atomic mass is 10.5. The highest BCUT2D eigenvalue weighted by Crippen LogP contribution is 2.17. The first kappa shape index (κ1) is 16.9. The van der Waals surface area contributed by atoms with E-state index < -0.39 is 15.7 Å². The van der Waals surface area contributed by atoms with Crippen LogP contribution in [0.25, 0.3) is 0 Å². The van der Waals surface area contributed by atoms with Crippen molar-refractivity contribution in [2.24, 2.45) is 11.5 Å². The van der Waals surface area contributed by atoms with Gasteiger partial charge in [0.05, 0.1) is 18.1 Å². The number of nitrogens with two attached hydrogens (primary N) is 2. The average Bonchev–Trinajstić information content (AvgIpc) is 2.78. The van der Waals surface area contributed by atoms with Crippen LogP contribution in [-0.4, -0.2) is 46.3 Å². The lowest BCUT2D eigenvalue weighted by molar-refractivity contribution is -0.117. The van der Waals surface area contributed by atoms with E-state index in [4.69, 9.17) is 11.5 Å². The molecule has 4 N–H and O–H groups in total.